The molecule has 1 rings (SSSR count). The lowest BCUT2D eigenvalue weighted by atomic mass is 10.1. The molecule has 84 valence electrons. The van der Waals surface area contributed by atoms with E-state index in [-0.39, 0.29) is 6.10 Å². The van der Waals surface area contributed by atoms with Crippen LogP contribution in [0.4, 0.5) is 0 Å². The standard InChI is InChI=1S/C9H19NO3S/c1-8(11)2-5-10-9-3-6-14(12,13)7-4-9/h8-11H,2-7H2,1H3. The van der Waals surface area contributed by atoms with Crippen LogP contribution in [0.3, 0.4) is 0 Å². The van der Waals surface area contributed by atoms with Crippen molar-refractivity contribution in [3.8, 4) is 0 Å². The Morgan fingerprint density at radius 1 is 1.43 bits per heavy atom. The predicted molar refractivity (Wildman–Crippen MR) is 56.0 cm³/mol. The zero-order valence-electron chi connectivity index (χ0n) is 8.57. The maximum Gasteiger partial charge on any atom is 0.150 e. The molecule has 0 aromatic carbocycles. The van der Waals surface area contributed by atoms with Crippen molar-refractivity contribution in [1.29, 1.82) is 0 Å². The molecule has 1 saturated heterocycles. The van der Waals surface area contributed by atoms with E-state index in [9.17, 15) is 8.42 Å². The van der Waals surface area contributed by atoms with Gasteiger partial charge in [-0.05, 0) is 32.7 Å². The van der Waals surface area contributed by atoms with Crippen LogP contribution in [0.2, 0.25) is 0 Å². The van der Waals surface area contributed by atoms with Gasteiger partial charge in [-0.1, -0.05) is 0 Å². The molecule has 0 aliphatic carbocycles. The molecule has 0 aromatic rings. The fraction of sp³-hybridized carbons (Fsp3) is 1.00. The summed E-state index contributed by atoms with van der Waals surface area (Å²) < 4.78 is 22.2. The van der Waals surface area contributed by atoms with Crippen LogP contribution in [-0.2, 0) is 9.84 Å². The van der Waals surface area contributed by atoms with E-state index < -0.39 is 9.84 Å². The Hall–Kier alpha value is -0.130. The molecule has 0 radical (unpaired) electrons. The average molecular weight is 221 g/mol. The minimum atomic E-state index is -2.75. The highest BCUT2D eigenvalue weighted by Gasteiger charge is 2.22. The minimum Gasteiger partial charge on any atom is -0.393 e. The smallest absolute Gasteiger partial charge is 0.150 e. The van der Waals surface area contributed by atoms with Crippen LogP contribution < -0.4 is 5.32 Å². The first kappa shape index (κ1) is 11.9. The Labute approximate surface area is 85.6 Å². The van der Waals surface area contributed by atoms with Crippen LogP contribution in [0.15, 0.2) is 0 Å². The van der Waals surface area contributed by atoms with Crippen molar-refractivity contribution < 1.29 is 13.5 Å². The van der Waals surface area contributed by atoms with Crippen molar-refractivity contribution in [1.82, 2.24) is 5.32 Å². The molecule has 2 N–H and O–H groups in total. The quantitative estimate of drug-likeness (QED) is 0.697. The summed E-state index contributed by atoms with van der Waals surface area (Å²) in [5.41, 5.74) is 0. The maximum atomic E-state index is 11.1. The number of sulfone groups is 1. The van der Waals surface area contributed by atoms with Gasteiger partial charge in [0.25, 0.3) is 0 Å². The minimum absolute atomic E-state index is 0.283. The fourth-order valence-corrected chi connectivity index (χ4v) is 3.08. The van der Waals surface area contributed by atoms with Gasteiger partial charge in [0.2, 0.25) is 0 Å². The summed E-state index contributed by atoms with van der Waals surface area (Å²) in [5, 5.41) is 12.3. The first-order chi connectivity index (χ1) is 6.49. The molecule has 0 saturated carbocycles. The number of aliphatic hydroxyl groups excluding tert-OH is 1. The van der Waals surface area contributed by atoms with Gasteiger partial charge in [-0.3, -0.25) is 0 Å². The zero-order chi connectivity index (χ0) is 10.6. The highest BCUT2D eigenvalue weighted by molar-refractivity contribution is 7.91. The summed E-state index contributed by atoms with van der Waals surface area (Å²) in [7, 11) is -2.75. The Morgan fingerprint density at radius 2 is 2.00 bits per heavy atom. The lowest BCUT2D eigenvalue weighted by Gasteiger charge is -2.23. The van der Waals surface area contributed by atoms with E-state index in [1.54, 1.807) is 6.92 Å². The molecule has 1 aliphatic rings. The van der Waals surface area contributed by atoms with Crippen LogP contribution in [0, 0.1) is 0 Å². The Balaban J connectivity index is 2.16. The summed E-state index contributed by atoms with van der Waals surface area (Å²) in [6, 6.07) is 0.317. The van der Waals surface area contributed by atoms with Gasteiger partial charge in [-0.2, -0.15) is 0 Å². The second kappa shape index (κ2) is 5.09. The molecule has 1 aliphatic heterocycles. The van der Waals surface area contributed by atoms with Crippen LogP contribution >= 0.6 is 0 Å². The highest BCUT2D eigenvalue weighted by Crippen LogP contribution is 2.11. The van der Waals surface area contributed by atoms with Crippen molar-refractivity contribution in [2.75, 3.05) is 18.1 Å². The fourth-order valence-electron chi connectivity index (χ4n) is 1.59. The molecule has 0 aromatic heterocycles. The van der Waals surface area contributed by atoms with E-state index in [0.717, 1.165) is 13.0 Å². The molecule has 0 spiro atoms. The van der Waals surface area contributed by atoms with E-state index in [1.807, 2.05) is 0 Å². The van der Waals surface area contributed by atoms with Gasteiger partial charge < -0.3 is 10.4 Å². The Kier molecular flexibility index (Phi) is 4.34. The van der Waals surface area contributed by atoms with Gasteiger partial charge in [-0.25, -0.2) is 8.42 Å². The summed E-state index contributed by atoms with van der Waals surface area (Å²) >= 11 is 0. The van der Waals surface area contributed by atoms with E-state index >= 15 is 0 Å². The van der Waals surface area contributed by atoms with Crippen LogP contribution in [0.1, 0.15) is 26.2 Å². The maximum absolute atomic E-state index is 11.1. The Morgan fingerprint density at radius 3 is 2.50 bits per heavy atom. The molecule has 1 unspecified atom stereocenters. The molecule has 14 heavy (non-hydrogen) atoms. The molecule has 0 amide bonds. The zero-order valence-corrected chi connectivity index (χ0v) is 9.39. The van der Waals surface area contributed by atoms with Crippen molar-refractivity contribution >= 4 is 9.84 Å². The average Bonchev–Trinajstić information content (AvgIpc) is 2.07. The lowest BCUT2D eigenvalue weighted by Crippen LogP contribution is -2.38. The topological polar surface area (TPSA) is 66.4 Å². The van der Waals surface area contributed by atoms with Crippen LogP contribution in [-0.4, -0.2) is 43.7 Å². The largest absolute Gasteiger partial charge is 0.393 e. The summed E-state index contributed by atoms with van der Waals surface area (Å²) in [5.74, 6) is 0.610. The number of hydrogen-bond acceptors (Lipinski definition) is 4. The third kappa shape index (κ3) is 4.39. The monoisotopic (exact) mass is 221 g/mol. The van der Waals surface area contributed by atoms with Gasteiger partial charge in [0.1, 0.15) is 9.84 Å². The predicted octanol–water partition coefficient (Wildman–Crippen LogP) is -0.0759. The molecule has 1 atom stereocenters. The Bertz CT molecular complexity index is 247. The van der Waals surface area contributed by atoms with Crippen molar-refractivity contribution in [2.24, 2.45) is 0 Å². The van der Waals surface area contributed by atoms with Crippen molar-refractivity contribution in [3.63, 3.8) is 0 Å². The van der Waals surface area contributed by atoms with Gasteiger partial charge in [0, 0.05) is 6.04 Å². The van der Waals surface area contributed by atoms with Crippen LogP contribution in [0.25, 0.3) is 0 Å². The van der Waals surface area contributed by atoms with Gasteiger partial charge in [0.05, 0.1) is 17.6 Å². The van der Waals surface area contributed by atoms with E-state index in [1.165, 1.54) is 0 Å². The molecular formula is C9H19NO3S. The second-order valence-corrected chi connectivity index (χ2v) is 6.32. The summed E-state index contributed by atoms with van der Waals surface area (Å²) in [4.78, 5) is 0. The number of hydrogen-bond donors (Lipinski definition) is 2. The SMILES string of the molecule is CC(O)CCNC1CCS(=O)(=O)CC1. The van der Waals surface area contributed by atoms with Crippen molar-refractivity contribution in [2.45, 2.75) is 38.3 Å². The number of nitrogens with one attached hydrogen (secondary N) is 1. The van der Waals surface area contributed by atoms with E-state index in [4.69, 9.17) is 5.11 Å². The molecular weight excluding hydrogens is 202 g/mol. The van der Waals surface area contributed by atoms with Crippen molar-refractivity contribution in [3.05, 3.63) is 0 Å². The number of aliphatic hydroxyl groups is 1. The third-order valence-electron chi connectivity index (χ3n) is 2.55. The second-order valence-electron chi connectivity index (χ2n) is 4.02. The molecule has 0 bridgehead atoms. The van der Waals surface area contributed by atoms with Gasteiger partial charge >= 0.3 is 0 Å². The normalized spacial score (nSPS) is 24.7. The van der Waals surface area contributed by atoms with Gasteiger partial charge in [0.15, 0.2) is 0 Å². The molecule has 5 heteroatoms. The lowest BCUT2D eigenvalue weighted by molar-refractivity contribution is 0.182. The van der Waals surface area contributed by atoms with Crippen LogP contribution in [0.5, 0.6) is 0 Å². The highest BCUT2D eigenvalue weighted by atomic mass is 32.2. The molecule has 1 fully saturated rings. The number of rotatable bonds is 4. The summed E-state index contributed by atoms with van der Waals surface area (Å²) in [6.45, 7) is 2.52. The first-order valence-electron chi connectivity index (χ1n) is 5.11. The van der Waals surface area contributed by atoms with E-state index in [2.05, 4.69) is 5.32 Å². The molecule has 1 heterocycles. The van der Waals surface area contributed by atoms with E-state index in [0.29, 0.717) is 30.4 Å². The molecule has 4 nitrogen and oxygen atoms in total. The van der Waals surface area contributed by atoms with Gasteiger partial charge in [-0.15, -0.1) is 0 Å². The third-order valence-corrected chi connectivity index (χ3v) is 4.27. The summed E-state index contributed by atoms with van der Waals surface area (Å²) in [6.07, 6.45) is 1.86. The first-order valence-corrected chi connectivity index (χ1v) is 6.93.